The van der Waals surface area contributed by atoms with Crippen molar-refractivity contribution in [3.63, 3.8) is 0 Å². The first kappa shape index (κ1) is 18.4. The van der Waals surface area contributed by atoms with E-state index < -0.39 is 0 Å². The van der Waals surface area contributed by atoms with Crippen LogP contribution in [0.5, 0.6) is 0 Å². The standard InChI is InChI=1S/C19H14N8OS/c1-12-15(8-9-16(20-2)22-12)27-11-14(23-26-27)18(28)21-10-17-24-25-19(29-17)13-6-4-3-5-7-13/h3-9,11H,10H2,1H3,(H,21,28). The molecule has 1 amide bonds. The molecule has 0 saturated heterocycles. The maximum Gasteiger partial charge on any atom is 0.273 e. The van der Waals surface area contributed by atoms with Crippen LogP contribution in [0.15, 0.2) is 48.7 Å². The molecule has 4 rings (SSSR count). The van der Waals surface area contributed by atoms with Crippen LogP contribution in [0.25, 0.3) is 21.1 Å². The SMILES string of the molecule is [C-]#[N+]c1ccc(-n2cc(C(=O)NCc3nnc(-c4ccccc4)s3)nn2)c(C)n1. The van der Waals surface area contributed by atoms with Crippen molar-refractivity contribution in [2.45, 2.75) is 13.5 Å². The van der Waals surface area contributed by atoms with Gasteiger partial charge < -0.3 is 10.2 Å². The van der Waals surface area contributed by atoms with Crippen LogP contribution >= 0.6 is 11.3 Å². The van der Waals surface area contributed by atoms with E-state index in [1.807, 2.05) is 30.3 Å². The molecule has 29 heavy (non-hydrogen) atoms. The van der Waals surface area contributed by atoms with Crippen LogP contribution in [-0.2, 0) is 6.54 Å². The quantitative estimate of drug-likeness (QED) is 0.515. The molecule has 0 aliphatic carbocycles. The molecule has 3 heterocycles. The Balaban J connectivity index is 1.43. The van der Waals surface area contributed by atoms with Crippen molar-refractivity contribution in [2.24, 2.45) is 0 Å². The third-order valence-corrected chi connectivity index (χ3v) is 4.99. The number of nitrogens with one attached hydrogen (secondary N) is 1. The molecule has 9 nitrogen and oxygen atoms in total. The van der Waals surface area contributed by atoms with Crippen molar-refractivity contribution in [1.82, 2.24) is 35.5 Å². The van der Waals surface area contributed by atoms with Gasteiger partial charge in [-0.2, -0.15) is 0 Å². The van der Waals surface area contributed by atoms with E-state index in [0.29, 0.717) is 22.2 Å². The highest BCUT2D eigenvalue weighted by Crippen LogP contribution is 2.23. The smallest absolute Gasteiger partial charge is 0.273 e. The minimum Gasteiger partial charge on any atom is -0.361 e. The molecule has 0 unspecified atom stereocenters. The number of carbonyl (C=O) groups is 1. The lowest BCUT2D eigenvalue weighted by Crippen LogP contribution is -2.23. The van der Waals surface area contributed by atoms with Gasteiger partial charge in [-0.3, -0.25) is 4.79 Å². The Morgan fingerprint density at radius 1 is 1.17 bits per heavy atom. The number of hydrogen-bond acceptors (Lipinski definition) is 7. The Labute approximate surface area is 169 Å². The average molecular weight is 402 g/mol. The summed E-state index contributed by atoms with van der Waals surface area (Å²) in [7, 11) is 0. The van der Waals surface area contributed by atoms with E-state index in [1.54, 1.807) is 19.1 Å². The van der Waals surface area contributed by atoms with Gasteiger partial charge in [0.25, 0.3) is 11.7 Å². The van der Waals surface area contributed by atoms with Gasteiger partial charge in [0.15, 0.2) is 11.4 Å². The summed E-state index contributed by atoms with van der Waals surface area (Å²) in [6.45, 7) is 9.03. The number of rotatable bonds is 5. The van der Waals surface area contributed by atoms with Crippen LogP contribution < -0.4 is 5.32 Å². The summed E-state index contributed by atoms with van der Waals surface area (Å²) in [6.07, 6.45) is 1.52. The van der Waals surface area contributed by atoms with Gasteiger partial charge in [-0.05, 0) is 12.1 Å². The predicted molar refractivity (Wildman–Crippen MR) is 107 cm³/mol. The number of benzene rings is 1. The molecule has 1 N–H and O–H groups in total. The van der Waals surface area contributed by atoms with E-state index in [1.165, 1.54) is 22.2 Å². The van der Waals surface area contributed by atoms with Gasteiger partial charge in [-0.1, -0.05) is 53.5 Å². The molecule has 3 aromatic heterocycles. The Kier molecular flexibility index (Phi) is 5.05. The summed E-state index contributed by atoms with van der Waals surface area (Å²) in [5.74, 6) is -0.0626. The maximum atomic E-state index is 12.4. The van der Waals surface area contributed by atoms with E-state index in [0.717, 1.165) is 10.6 Å². The Morgan fingerprint density at radius 3 is 2.76 bits per heavy atom. The zero-order chi connectivity index (χ0) is 20.2. The first-order chi connectivity index (χ1) is 14.1. The summed E-state index contributed by atoms with van der Waals surface area (Å²) in [5, 5.41) is 20.5. The van der Waals surface area contributed by atoms with Gasteiger partial charge >= 0.3 is 0 Å². The topological polar surface area (TPSA) is 103 Å². The lowest BCUT2D eigenvalue weighted by molar-refractivity contribution is 0.0945. The second kappa shape index (κ2) is 7.95. The van der Waals surface area contributed by atoms with Crippen LogP contribution in [0.4, 0.5) is 5.82 Å². The summed E-state index contributed by atoms with van der Waals surface area (Å²) in [6, 6.07) is 13.1. The molecule has 0 bridgehead atoms. The van der Waals surface area contributed by atoms with Crippen molar-refractivity contribution >= 4 is 23.1 Å². The van der Waals surface area contributed by atoms with Gasteiger partial charge in [-0.15, -0.1) is 20.3 Å². The zero-order valence-corrected chi connectivity index (χ0v) is 16.1. The van der Waals surface area contributed by atoms with Crippen molar-refractivity contribution in [2.75, 3.05) is 0 Å². The van der Waals surface area contributed by atoms with Crippen LogP contribution in [-0.4, -0.2) is 36.1 Å². The van der Waals surface area contributed by atoms with Crippen molar-refractivity contribution in [3.8, 4) is 16.3 Å². The number of amides is 1. The van der Waals surface area contributed by atoms with E-state index in [2.05, 4.69) is 35.7 Å². The number of aryl methyl sites for hydroxylation is 1. The highest BCUT2D eigenvalue weighted by atomic mass is 32.1. The molecule has 4 aromatic rings. The molecular formula is C19H14N8OS. The number of pyridine rings is 1. The minimum absolute atomic E-state index is 0.173. The molecule has 0 fully saturated rings. The maximum absolute atomic E-state index is 12.4. The van der Waals surface area contributed by atoms with Crippen molar-refractivity contribution in [3.05, 3.63) is 76.5 Å². The fourth-order valence-corrected chi connectivity index (χ4v) is 3.38. The molecule has 0 aliphatic rings. The molecule has 142 valence electrons. The number of carbonyl (C=O) groups excluding carboxylic acids is 1. The summed E-state index contributed by atoms with van der Waals surface area (Å²) >= 11 is 1.42. The molecule has 0 saturated carbocycles. The van der Waals surface area contributed by atoms with Gasteiger partial charge in [0.1, 0.15) is 15.7 Å². The lowest BCUT2D eigenvalue weighted by atomic mass is 10.2. The van der Waals surface area contributed by atoms with E-state index in [4.69, 9.17) is 6.57 Å². The van der Waals surface area contributed by atoms with Crippen LogP contribution in [0.3, 0.4) is 0 Å². The lowest BCUT2D eigenvalue weighted by Gasteiger charge is -2.01. The van der Waals surface area contributed by atoms with E-state index >= 15 is 0 Å². The van der Waals surface area contributed by atoms with Gasteiger partial charge in [0.2, 0.25) is 0 Å². The van der Waals surface area contributed by atoms with Gasteiger partial charge in [-0.25, -0.2) is 4.68 Å². The summed E-state index contributed by atoms with van der Waals surface area (Å²) < 4.78 is 1.46. The Hall–Kier alpha value is -3.97. The zero-order valence-electron chi connectivity index (χ0n) is 15.3. The molecule has 0 aliphatic heterocycles. The highest BCUT2D eigenvalue weighted by Gasteiger charge is 2.15. The summed E-state index contributed by atoms with van der Waals surface area (Å²) in [5.41, 5.74) is 2.43. The highest BCUT2D eigenvalue weighted by molar-refractivity contribution is 7.14. The van der Waals surface area contributed by atoms with Gasteiger partial charge in [0, 0.05) is 12.5 Å². The second-order valence-electron chi connectivity index (χ2n) is 5.98. The van der Waals surface area contributed by atoms with Crippen molar-refractivity contribution < 1.29 is 4.79 Å². The molecule has 1 aromatic carbocycles. The average Bonchev–Trinajstić information content (AvgIpc) is 3.42. The number of hydrogen-bond donors (Lipinski definition) is 1. The molecule has 0 spiro atoms. The van der Waals surface area contributed by atoms with Crippen LogP contribution in [0, 0.1) is 13.5 Å². The fourth-order valence-electron chi connectivity index (χ4n) is 2.60. The minimum atomic E-state index is -0.365. The van der Waals surface area contributed by atoms with E-state index in [9.17, 15) is 4.79 Å². The number of nitrogens with zero attached hydrogens (tertiary/aromatic N) is 7. The summed E-state index contributed by atoms with van der Waals surface area (Å²) in [4.78, 5) is 19.9. The second-order valence-corrected chi connectivity index (χ2v) is 7.05. The predicted octanol–water partition coefficient (Wildman–Crippen LogP) is 2.97. The first-order valence-corrected chi connectivity index (χ1v) is 9.39. The fraction of sp³-hybridized carbons (Fsp3) is 0.105. The molecular weight excluding hydrogens is 388 g/mol. The van der Waals surface area contributed by atoms with E-state index in [-0.39, 0.29) is 18.1 Å². The third kappa shape index (κ3) is 3.99. The number of aromatic nitrogens is 6. The first-order valence-electron chi connectivity index (χ1n) is 8.58. The normalized spacial score (nSPS) is 10.5. The Bertz CT molecular complexity index is 1210. The largest absolute Gasteiger partial charge is 0.361 e. The van der Waals surface area contributed by atoms with Gasteiger partial charge in [0.05, 0.1) is 12.7 Å². The monoisotopic (exact) mass is 402 g/mol. The molecule has 10 heteroatoms. The Morgan fingerprint density at radius 2 is 2.00 bits per heavy atom. The van der Waals surface area contributed by atoms with Crippen LogP contribution in [0.2, 0.25) is 0 Å². The molecule has 0 radical (unpaired) electrons. The van der Waals surface area contributed by atoms with Crippen LogP contribution in [0.1, 0.15) is 21.2 Å². The van der Waals surface area contributed by atoms with Crippen molar-refractivity contribution in [1.29, 1.82) is 0 Å². The molecule has 0 atom stereocenters. The third-order valence-electron chi connectivity index (χ3n) is 4.02.